The molecule has 0 aliphatic rings. The Kier molecular flexibility index (Phi) is 2.46. The molecule has 0 aliphatic carbocycles. The average molecular weight is 189 g/mol. The van der Waals surface area contributed by atoms with E-state index >= 15 is 0 Å². The maximum absolute atomic E-state index is 10.9. The molecule has 0 aliphatic heterocycles. The lowest BCUT2D eigenvalue weighted by Gasteiger charge is -1.99. The van der Waals surface area contributed by atoms with Gasteiger partial charge in [0.25, 0.3) is 0 Å². The Morgan fingerprint density at radius 3 is 2.75 bits per heavy atom. The van der Waals surface area contributed by atoms with Crippen LogP contribution in [0.4, 0.5) is 0 Å². The number of aryl methyl sites for hydroxylation is 1. The van der Waals surface area contributed by atoms with Gasteiger partial charge in [0, 0.05) is 12.8 Å². The van der Waals surface area contributed by atoms with Gasteiger partial charge in [-0.3, -0.25) is 0 Å². The predicted octanol–water partition coefficient (Wildman–Crippen LogP) is -0.157. The fraction of sp³-hybridized carbons (Fsp3) is 0.667. The van der Waals surface area contributed by atoms with E-state index in [4.69, 9.17) is 0 Å². The lowest BCUT2D eigenvalue weighted by atomic mass is 10.6. The molecule has 1 heterocycles. The number of aromatic nitrogens is 3. The first-order valence-electron chi connectivity index (χ1n) is 3.57. The van der Waals surface area contributed by atoms with E-state index in [0.717, 1.165) is 0 Å². The Labute approximate surface area is 71.3 Å². The second kappa shape index (κ2) is 3.22. The van der Waals surface area contributed by atoms with Crippen LogP contribution in [-0.4, -0.2) is 29.4 Å². The van der Waals surface area contributed by atoms with Crippen LogP contribution in [0.15, 0.2) is 6.33 Å². The Morgan fingerprint density at radius 2 is 2.25 bits per heavy atom. The van der Waals surface area contributed by atoms with E-state index in [0.29, 0.717) is 12.4 Å². The maximum atomic E-state index is 10.9. The van der Waals surface area contributed by atoms with Gasteiger partial charge in [0.1, 0.15) is 17.9 Å². The minimum Gasteiger partial charge on any atom is -0.249 e. The lowest BCUT2D eigenvalue weighted by Crippen LogP contribution is -2.09. The Hall–Kier alpha value is -0.910. The molecule has 1 aromatic rings. The van der Waals surface area contributed by atoms with E-state index in [1.807, 2.05) is 6.92 Å². The van der Waals surface area contributed by atoms with Gasteiger partial charge in [0.2, 0.25) is 0 Å². The van der Waals surface area contributed by atoms with Gasteiger partial charge in [0.05, 0.1) is 0 Å². The van der Waals surface area contributed by atoms with Crippen molar-refractivity contribution in [2.45, 2.75) is 19.2 Å². The van der Waals surface area contributed by atoms with Gasteiger partial charge in [-0.15, -0.1) is 0 Å². The van der Waals surface area contributed by atoms with Crippen LogP contribution >= 0.6 is 0 Å². The molecule has 1 aromatic heterocycles. The Morgan fingerprint density at radius 1 is 1.58 bits per heavy atom. The number of hydrogen-bond donors (Lipinski definition) is 0. The monoisotopic (exact) mass is 189 g/mol. The van der Waals surface area contributed by atoms with Crippen LogP contribution in [-0.2, 0) is 22.1 Å². The summed E-state index contributed by atoms with van der Waals surface area (Å²) in [6, 6.07) is 0. The van der Waals surface area contributed by atoms with Crippen molar-refractivity contribution in [2.75, 3.05) is 6.26 Å². The molecule has 0 radical (unpaired) electrons. The first kappa shape index (κ1) is 9.18. The van der Waals surface area contributed by atoms with Crippen LogP contribution in [0.1, 0.15) is 12.7 Å². The highest BCUT2D eigenvalue weighted by molar-refractivity contribution is 7.89. The van der Waals surface area contributed by atoms with E-state index in [9.17, 15) is 8.42 Å². The van der Waals surface area contributed by atoms with Crippen LogP contribution in [0.3, 0.4) is 0 Å². The third-order valence-electron chi connectivity index (χ3n) is 1.39. The molecule has 0 saturated heterocycles. The number of sulfone groups is 1. The van der Waals surface area contributed by atoms with Crippen molar-refractivity contribution in [3.63, 3.8) is 0 Å². The summed E-state index contributed by atoms with van der Waals surface area (Å²) >= 11 is 0. The number of nitrogens with zero attached hydrogens (tertiary/aromatic N) is 3. The van der Waals surface area contributed by atoms with Gasteiger partial charge in [-0.2, -0.15) is 5.10 Å². The van der Waals surface area contributed by atoms with Gasteiger partial charge in [-0.05, 0) is 6.92 Å². The van der Waals surface area contributed by atoms with Gasteiger partial charge in [-0.1, -0.05) is 0 Å². The molecular formula is C6H11N3O2S. The first-order valence-corrected chi connectivity index (χ1v) is 5.63. The minimum absolute atomic E-state index is 0.0408. The molecule has 0 saturated carbocycles. The SMILES string of the molecule is CCn1ncnc1CS(C)(=O)=O. The van der Waals surface area contributed by atoms with Crippen LogP contribution in [0, 0.1) is 0 Å². The third kappa shape index (κ3) is 2.30. The standard InChI is InChI=1S/C6H11N3O2S/c1-3-9-6(7-5-8-9)4-12(2,10)11/h5H,3-4H2,1-2H3. The van der Waals surface area contributed by atoms with Gasteiger partial charge in [0.15, 0.2) is 9.84 Å². The zero-order valence-corrected chi connectivity index (χ0v) is 7.87. The molecule has 0 unspecified atom stereocenters. The second-order valence-electron chi connectivity index (χ2n) is 2.56. The van der Waals surface area contributed by atoms with Crippen molar-refractivity contribution >= 4 is 9.84 Å². The fourth-order valence-corrected chi connectivity index (χ4v) is 1.59. The summed E-state index contributed by atoms with van der Waals surface area (Å²) in [5.74, 6) is 0.459. The topological polar surface area (TPSA) is 64.8 Å². The van der Waals surface area contributed by atoms with Crippen molar-refractivity contribution < 1.29 is 8.42 Å². The Bertz CT molecular complexity index is 355. The Balaban J connectivity index is 2.89. The van der Waals surface area contributed by atoms with E-state index in [1.165, 1.54) is 12.6 Å². The highest BCUT2D eigenvalue weighted by Gasteiger charge is 2.09. The van der Waals surface area contributed by atoms with Crippen molar-refractivity contribution in [3.8, 4) is 0 Å². The van der Waals surface area contributed by atoms with Crippen molar-refractivity contribution in [3.05, 3.63) is 12.2 Å². The van der Waals surface area contributed by atoms with Gasteiger partial charge < -0.3 is 0 Å². The molecular weight excluding hydrogens is 178 g/mol. The van der Waals surface area contributed by atoms with Crippen LogP contribution in [0.25, 0.3) is 0 Å². The molecule has 0 aromatic carbocycles. The molecule has 5 nitrogen and oxygen atoms in total. The molecule has 12 heavy (non-hydrogen) atoms. The van der Waals surface area contributed by atoms with Crippen molar-refractivity contribution in [1.29, 1.82) is 0 Å². The van der Waals surface area contributed by atoms with Gasteiger partial charge >= 0.3 is 0 Å². The molecule has 0 N–H and O–H groups in total. The smallest absolute Gasteiger partial charge is 0.154 e. The van der Waals surface area contributed by atoms with E-state index in [-0.39, 0.29) is 5.75 Å². The normalized spacial score (nSPS) is 11.8. The largest absolute Gasteiger partial charge is 0.249 e. The van der Waals surface area contributed by atoms with E-state index in [2.05, 4.69) is 10.1 Å². The summed E-state index contributed by atoms with van der Waals surface area (Å²) in [6.45, 7) is 2.53. The van der Waals surface area contributed by atoms with E-state index < -0.39 is 9.84 Å². The summed E-state index contributed by atoms with van der Waals surface area (Å²) in [7, 11) is -3.00. The van der Waals surface area contributed by atoms with Gasteiger partial charge in [-0.25, -0.2) is 18.1 Å². The first-order chi connectivity index (χ1) is 5.53. The van der Waals surface area contributed by atoms with E-state index in [1.54, 1.807) is 4.68 Å². The quantitative estimate of drug-likeness (QED) is 0.663. The average Bonchev–Trinajstić information content (AvgIpc) is 2.31. The van der Waals surface area contributed by atoms with Crippen LogP contribution < -0.4 is 0 Å². The number of hydrogen-bond acceptors (Lipinski definition) is 4. The molecule has 0 amide bonds. The summed E-state index contributed by atoms with van der Waals surface area (Å²) < 4.78 is 23.3. The van der Waals surface area contributed by atoms with Crippen LogP contribution in [0.2, 0.25) is 0 Å². The minimum atomic E-state index is -3.00. The summed E-state index contributed by atoms with van der Waals surface area (Å²) in [5.41, 5.74) is 0. The van der Waals surface area contributed by atoms with Crippen molar-refractivity contribution in [2.24, 2.45) is 0 Å². The molecule has 1 rings (SSSR count). The third-order valence-corrected chi connectivity index (χ3v) is 2.17. The zero-order valence-electron chi connectivity index (χ0n) is 7.06. The second-order valence-corrected chi connectivity index (χ2v) is 4.70. The summed E-state index contributed by atoms with van der Waals surface area (Å²) in [4.78, 5) is 3.85. The maximum Gasteiger partial charge on any atom is 0.154 e. The molecule has 68 valence electrons. The summed E-state index contributed by atoms with van der Waals surface area (Å²) in [5, 5.41) is 3.86. The fourth-order valence-electron chi connectivity index (χ4n) is 0.899. The molecule has 0 bridgehead atoms. The lowest BCUT2D eigenvalue weighted by molar-refractivity contribution is 0.589. The van der Waals surface area contributed by atoms with Crippen LogP contribution in [0.5, 0.6) is 0 Å². The number of rotatable bonds is 3. The highest BCUT2D eigenvalue weighted by Crippen LogP contribution is 1.99. The highest BCUT2D eigenvalue weighted by atomic mass is 32.2. The molecule has 0 spiro atoms. The summed E-state index contributed by atoms with van der Waals surface area (Å²) in [6.07, 6.45) is 2.55. The molecule has 6 heteroatoms. The molecule has 0 atom stereocenters. The zero-order chi connectivity index (χ0) is 9.19. The molecule has 0 fully saturated rings. The predicted molar refractivity (Wildman–Crippen MR) is 44.2 cm³/mol. The van der Waals surface area contributed by atoms with Crippen molar-refractivity contribution in [1.82, 2.24) is 14.8 Å².